The third-order valence-electron chi connectivity index (χ3n) is 4.45. The molecule has 0 aliphatic rings. The Morgan fingerprint density at radius 3 is 1.87 bits per heavy atom. The molecule has 0 radical (unpaired) electrons. The van der Waals surface area contributed by atoms with Gasteiger partial charge in [-0.3, -0.25) is 0 Å². The molecule has 5 nitrogen and oxygen atoms in total. The second kappa shape index (κ2) is 8.31. The van der Waals surface area contributed by atoms with Crippen LogP contribution < -0.4 is 11.1 Å². The largest absolute Gasteiger partial charge is 0.506 e. The molecule has 0 aromatic heterocycles. The number of hydrogen-bond acceptors (Lipinski definition) is 5. The van der Waals surface area contributed by atoms with E-state index in [4.69, 9.17) is 17.3 Å². The number of phenols is 2. The van der Waals surface area contributed by atoms with Crippen LogP contribution in [-0.2, 0) is 5.41 Å². The SMILES string of the molecule is Nc1cc(C(c2ccc(O)c(NCC(O)CCl)c2)(C(F)(F)F)C(F)(F)F)ccc1O. The monoisotopic (exact) mass is 458 g/mol. The van der Waals surface area contributed by atoms with E-state index in [1.807, 2.05) is 0 Å². The number of aliphatic hydroxyl groups is 1. The van der Waals surface area contributed by atoms with E-state index in [-0.39, 0.29) is 12.4 Å². The van der Waals surface area contributed by atoms with Crippen LogP contribution in [0.5, 0.6) is 11.5 Å². The van der Waals surface area contributed by atoms with E-state index >= 15 is 0 Å². The summed E-state index contributed by atoms with van der Waals surface area (Å²) >= 11 is 5.41. The standard InChI is InChI=1S/C18H17ClF6N2O3/c19-7-11(28)8-27-13-6-10(2-4-15(13)30)16(17(20,21)22,18(23,24)25)9-1-3-14(29)12(26)5-9/h1-6,11,27-30H,7-8,26H2. The van der Waals surface area contributed by atoms with E-state index in [0.29, 0.717) is 36.4 Å². The van der Waals surface area contributed by atoms with Gasteiger partial charge >= 0.3 is 12.4 Å². The molecular formula is C18H17ClF6N2O3. The van der Waals surface area contributed by atoms with Crippen LogP contribution in [0.15, 0.2) is 36.4 Å². The molecule has 6 N–H and O–H groups in total. The minimum Gasteiger partial charge on any atom is -0.506 e. The van der Waals surface area contributed by atoms with Crippen molar-refractivity contribution in [3.8, 4) is 11.5 Å². The normalized spacial score (nSPS) is 13.9. The molecule has 2 rings (SSSR count). The van der Waals surface area contributed by atoms with E-state index in [1.165, 1.54) is 0 Å². The van der Waals surface area contributed by atoms with Crippen molar-refractivity contribution in [1.29, 1.82) is 0 Å². The minimum atomic E-state index is -5.88. The Morgan fingerprint density at radius 1 is 0.900 bits per heavy atom. The molecule has 30 heavy (non-hydrogen) atoms. The number of rotatable bonds is 6. The lowest BCUT2D eigenvalue weighted by molar-refractivity contribution is -0.288. The number of alkyl halides is 7. The molecule has 0 saturated heterocycles. The van der Waals surface area contributed by atoms with Gasteiger partial charge in [-0.1, -0.05) is 12.1 Å². The van der Waals surface area contributed by atoms with Gasteiger partial charge in [-0.25, -0.2) is 0 Å². The molecule has 0 saturated carbocycles. The molecule has 1 unspecified atom stereocenters. The molecule has 2 aromatic rings. The molecule has 0 aliphatic carbocycles. The molecule has 1 atom stereocenters. The first-order valence-corrected chi connectivity index (χ1v) is 8.83. The summed E-state index contributed by atoms with van der Waals surface area (Å²) in [6, 6.07) is 3.15. The smallest absolute Gasteiger partial charge is 0.411 e. The van der Waals surface area contributed by atoms with E-state index in [0.717, 1.165) is 0 Å². The van der Waals surface area contributed by atoms with Crippen LogP contribution in [0.3, 0.4) is 0 Å². The molecule has 0 heterocycles. The number of nitrogens with two attached hydrogens (primary N) is 1. The van der Waals surface area contributed by atoms with Crippen LogP contribution in [0.25, 0.3) is 0 Å². The Hall–Kier alpha value is -2.53. The highest BCUT2D eigenvalue weighted by Crippen LogP contribution is 2.57. The van der Waals surface area contributed by atoms with Gasteiger partial charge in [0.2, 0.25) is 5.41 Å². The van der Waals surface area contributed by atoms with E-state index in [1.54, 1.807) is 0 Å². The maximum absolute atomic E-state index is 14.1. The van der Waals surface area contributed by atoms with Gasteiger partial charge in [-0.15, -0.1) is 11.6 Å². The number of nitrogens with one attached hydrogen (secondary N) is 1. The molecule has 166 valence electrons. The number of phenolic OH excluding ortho intramolecular Hbond substituents is 2. The van der Waals surface area contributed by atoms with Crippen LogP contribution in [-0.4, -0.2) is 46.2 Å². The fourth-order valence-corrected chi connectivity index (χ4v) is 3.07. The highest BCUT2D eigenvalue weighted by Gasteiger charge is 2.72. The fraction of sp³-hybridized carbons (Fsp3) is 0.333. The zero-order chi connectivity index (χ0) is 22.9. The van der Waals surface area contributed by atoms with Gasteiger partial charge in [-0.2, -0.15) is 26.3 Å². The summed E-state index contributed by atoms with van der Waals surface area (Å²) in [6.07, 6.45) is -12.9. The number of halogens is 7. The summed E-state index contributed by atoms with van der Waals surface area (Å²) in [6.45, 7) is -0.336. The molecule has 2 aromatic carbocycles. The third-order valence-corrected chi connectivity index (χ3v) is 4.80. The lowest BCUT2D eigenvalue weighted by Crippen LogP contribution is -2.54. The second-order valence-corrected chi connectivity index (χ2v) is 6.75. The Bertz CT molecular complexity index is 890. The summed E-state index contributed by atoms with van der Waals surface area (Å²) in [5.74, 6) is -1.57. The van der Waals surface area contributed by atoms with Gasteiger partial charge in [0, 0.05) is 6.54 Å². The van der Waals surface area contributed by atoms with Crippen molar-refractivity contribution in [1.82, 2.24) is 0 Å². The minimum absolute atomic E-state index is 0.255. The van der Waals surface area contributed by atoms with E-state index < -0.39 is 57.9 Å². The average molecular weight is 459 g/mol. The molecule has 0 fully saturated rings. The van der Waals surface area contributed by atoms with Gasteiger partial charge in [0.05, 0.1) is 23.4 Å². The van der Waals surface area contributed by atoms with Crippen molar-refractivity contribution >= 4 is 23.0 Å². The van der Waals surface area contributed by atoms with Gasteiger partial charge in [0.25, 0.3) is 0 Å². The number of anilines is 2. The zero-order valence-electron chi connectivity index (χ0n) is 15.0. The van der Waals surface area contributed by atoms with Crippen molar-refractivity contribution in [3.05, 3.63) is 47.5 Å². The number of aliphatic hydroxyl groups excluding tert-OH is 1. The second-order valence-electron chi connectivity index (χ2n) is 6.44. The summed E-state index contributed by atoms with van der Waals surface area (Å²) in [4.78, 5) is 0. The quantitative estimate of drug-likeness (QED) is 0.194. The van der Waals surface area contributed by atoms with Crippen LogP contribution in [0.4, 0.5) is 37.7 Å². The number of hydrogen-bond donors (Lipinski definition) is 5. The Kier molecular flexibility index (Phi) is 6.57. The predicted molar refractivity (Wildman–Crippen MR) is 98.7 cm³/mol. The Morgan fingerprint density at radius 2 is 1.40 bits per heavy atom. The highest BCUT2D eigenvalue weighted by atomic mass is 35.5. The van der Waals surface area contributed by atoms with E-state index in [2.05, 4.69) is 5.32 Å². The summed E-state index contributed by atoms with van der Waals surface area (Å²) in [5, 5.41) is 31.1. The van der Waals surface area contributed by atoms with Crippen molar-refractivity contribution in [2.75, 3.05) is 23.5 Å². The molecule has 0 spiro atoms. The van der Waals surface area contributed by atoms with Crippen LogP contribution in [0.2, 0.25) is 0 Å². The number of aromatic hydroxyl groups is 2. The Balaban J connectivity index is 2.79. The highest BCUT2D eigenvalue weighted by molar-refractivity contribution is 6.18. The van der Waals surface area contributed by atoms with Crippen molar-refractivity contribution in [2.24, 2.45) is 0 Å². The topological polar surface area (TPSA) is 98.7 Å². The maximum Gasteiger partial charge on any atom is 0.411 e. The van der Waals surface area contributed by atoms with Crippen molar-refractivity contribution in [2.45, 2.75) is 23.9 Å². The first kappa shape index (κ1) is 23.7. The van der Waals surface area contributed by atoms with Gasteiger partial charge in [0.1, 0.15) is 11.5 Å². The lowest BCUT2D eigenvalue weighted by atomic mass is 9.72. The van der Waals surface area contributed by atoms with Crippen LogP contribution in [0.1, 0.15) is 11.1 Å². The third kappa shape index (κ3) is 4.17. The summed E-state index contributed by atoms with van der Waals surface area (Å²) in [7, 11) is 0. The lowest BCUT2D eigenvalue weighted by Gasteiger charge is -2.38. The molecule has 0 amide bonds. The summed E-state index contributed by atoms with van der Waals surface area (Å²) in [5.41, 5.74) is -2.83. The number of benzene rings is 2. The molecular weight excluding hydrogens is 442 g/mol. The van der Waals surface area contributed by atoms with Gasteiger partial charge < -0.3 is 26.4 Å². The van der Waals surface area contributed by atoms with E-state index in [9.17, 15) is 41.7 Å². The predicted octanol–water partition coefficient (Wildman–Crippen LogP) is 4.10. The van der Waals surface area contributed by atoms with Gasteiger partial charge in [-0.05, 0) is 35.4 Å². The van der Waals surface area contributed by atoms with Gasteiger partial charge in [0.15, 0.2) is 0 Å². The number of nitrogen functional groups attached to an aromatic ring is 1. The molecule has 0 aliphatic heterocycles. The van der Waals surface area contributed by atoms with Crippen LogP contribution >= 0.6 is 11.6 Å². The first-order valence-electron chi connectivity index (χ1n) is 8.29. The summed E-state index contributed by atoms with van der Waals surface area (Å²) < 4.78 is 84.7. The first-order chi connectivity index (χ1) is 13.8. The molecule has 12 heteroatoms. The average Bonchev–Trinajstić information content (AvgIpc) is 2.62. The Labute approximate surface area is 171 Å². The maximum atomic E-state index is 14.1. The fourth-order valence-electron chi connectivity index (χ4n) is 2.96. The van der Waals surface area contributed by atoms with Crippen molar-refractivity contribution in [3.63, 3.8) is 0 Å². The zero-order valence-corrected chi connectivity index (χ0v) is 15.8. The van der Waals surface area contributed by atoms with Crippen molar-refractivity contribution < 1.29 is 41.7 Å². The molecule has 0 bridgehead atoms. The van der Waals surface area contributed by atoms with Crippen LogP contribution in [0, 0.1) is 0 Å².